The van der Waals surface area contributed by atoms with Crippen LogP contribution in [0.1, 0.15) is 10.4 Å². The molecule has 3 aromatic rings. The maximum absolute atomic E-state index is 12.4. The minimum Gasteiger partial charge on any atom is -0.507 e. The van der Waals surface area contributed by atoms with E-state index in [0.717, 1.165) is 5.39 Å². The Bertz CT molecular complexity index is 879. The van der Waals surface area contributed by atoms with Crippen LogP contribution in [-0.4, -0.2) is 25.3 Å². The van der Waals surface area contributed by atoms with Crippen LogP contribution in [0.3, 0.4) is 0 Å². The molecule has 0 aliphatic rings. The Morgan fingerprint density at radius 1 is 0.875 bits per heavy atom. The number of ether oxygens (including phenoxy) is 3. The van der Waals surface area contributed by atoms with Crippen molar-refractivity contribution in [3.05, 3.63) is 60.2 Å². The lowest BCUT2D eigenvalue weighted by atomic mass is 10.1. The molecule has 0 atom stereocenters. The van der Waals surface area contributed by atoms with E-state index < -0.39 is 5.97 Å². The third kappa shape index (κ3) is 3.10. The van der Waals surface area contributed by atoms with Crippen molar-refractivity contribution in [1.82, 2.24) is 0 Å². The molecule has 0 aliphatic heterocycles. The van der Waals surface area contributed by atoms with Gasteiger partial charge in [0.2, 0.25) is 0 Å². The molecule has 0 heterocycles. The Hall–Kier alpha value is -3.21. The molecule has 3 rings (SSSR count). The molecule has 0 amide bonds. The monoisotopic (exact) mass is 324 g/mol. The standard InChI is InChI=1S/C19H16O5/c1-22-14-8-13(9-15(10-14)23-2)19(21)24-16-7-12-5-3-4-6-17(12)18(20)11-16/h3-11,20H,1-2H3. The molecule has 0 spiro atoms. The van der Waals surface area contributed by atoms with Gasteiger partial charge in [0.25, 0.3) is 0 Å². The molecule has 1 N–H and O–H groups in total. The molecular formula is C19H16O5. The molecule has 0 radical (unpaired) electrons. The van der Waals surface area contributed by atoms with Gasteiger partial charge >= 0.3 is 5.97 Å². The van der Waals surface area contributed by atoms with E-state index in [-0.39, 0.29) is 11.5 Å². The molecule has 0 aliphatic carbocycles. The summed E-state index contributed by atoms with van der Waals surface area (Å²) in [6.45, 7) is 0. The summed E-state index contributed by atoms with van der Waals surface area (Å²) in [5, 5.41) is 11.5. The van der Waals surface area contributed by atoms with E-state index in [1.54, 1.807) is 30.3 Å². The van der Waals surface area contributed by atoms with E-state index in [1.165, 1.54) is 20.3 Å². The van der Waals surface area contributed by atoms with Crippen molar-refractivity contribution in [3.8, 4) is 23.0 Å². The number of methoxy groups -OCH3 is 2. The first kappa shape index (κ1) is 15.7. The molecule has 0 aromatic heterocycles. The first-order valence-corrected chi connectivity index (χ1v) is 7.27. The molecule has 0 fully saturated rings. The quantitative estimate of drug-likeness (QED) is 0.584. The molecular weight excluding hydrogens is 308 g/mol. The van der Waals surface area contributed by atoms with Crippen molar-refractivity contribution < 1.29 is 24.1 Å². The number of fused-ring (bicyclic) bond motifs is 1. The number of phenols is 1. The van der Waals surface area contributed by atoms with Crippen molar-refractivity contribution >= 4 is 16.7 Å². The number of benzene rings is 3. The smallest absolute Gasteiger partial charge is 0.343 e. The highest BCUT2D eigenvalue weighted by atomic mass is 16.5. The van der Waals surface area contributed by atoms with Gasteiger partial charge in [-0.3, -0.25) is 0 Å². The number of carbonyl (C=O) groups excluding carboxylic acids is 1. The third-order valence-electron chi connectivity index (χ3n) is 3.61. The lowest BCUT2D eigenvalue weighted by molar-refractivity contribution is 0.0734. The maximum atomic E-state index is 12.4. The second kappa shape index (κ2) is 6.50. The van der Waals surface area contributed by atoms with Gasteiger partial charge in [0.1, 0.15) is 23.0 Å². The Balaban J connectivity index is 1.92. The van der Waals surface area contributed by atoms with Gasteiger partial charge < -0.3 is 19.3 Å². The first-order valence-electron chi connectivity index (χ1n) is 7.27. The number of aromatic hydroxyl groups is 1. The number of rotatable bonds is 4. The van der Waals surface area contributed by atoms with Crippen LogP contribution in [0, 0.1) is 0 Å². The molecule has 24 heavy (non-hydrogen) atoms. The largest absolute Gasteiger partial charge is 0.507 e. The molecule has 0 saturated heterocycles. The summed E-state index contributed by atoms with van der Waals surface area (Å²) in [5.74, 6) is 0.726. The van der Waals surface area contributed by atoms with Crippen LogP contribution in [0.5, 0.6) is 23.0 Å². The highest BCUT2D eigenvalue weighted by molar-refractivity contribution is 5.94. The van der Waals surface area contributed by atoms with Gasteiger partial charge in [0, 0.05) is 17.5 Å². The predicted octanol–water partition coefficient (Wildman–Crippen LogP) is 3.78. The summed E-state index contributed by atoms with van der Waals surface area (Å²) in [6.07, 6.45) is 0. The molecule has 0 bridgehead atoms. The highest BCUT2D eigenvalue weighted by Gasteiger charge is 2.13. The Labute approximate surface area is 139 Å². The summed E-state index contributed by atoms with van der Waals surface area (Å²) in [6, 6.07) is 15.2. The van der Waals surface area contributed by atoms with Crippen LogP contribution in [0.15, 0.2) is 54.6 Å². The SMILES string of the molecule is COc1cc(OC)cc(C(=O)Oc2cc(O)c3ccccc3c2)c1. The van der Waals surface area contributed by atoms with Crippen molar-refractivity contribution in [2.75, 3.05) is 14.2 Å². The number of esters is 1. The summed E-state index contributed by atoms with van der Waals surface area (Å²) in [5.41, 5.74) is 0.291. The minimum atomic E-state index is -0.568. The minimum absolute atomic E-state index is 0.0547. The van der Waals surface area contributed by atoms with Gasteiger partial charge in [0.15, 0.2) is 0 Å². The number of hydrogen-bond donors (Lipinski definition) is 1. The fourth-order valence-electron chi connectivity index (χ4n) is 2.41. The Morgan fingerprint density at radius 3 is 2.21 bits per heavy atom. The average Bonchev–Trinajstić information content (AvgIpc) is 2.61. The topological polar surface area (TPSA) is 65.0 Å². The summed E-state index contributed by atoms with van der Waals surface area (Å²) < 4.78 is 15.7. The van der Waals surface area contributed by atoms with Crippen LogP contribution < -0.4 is 14.2 Å². The van der Waals surface area contributed by atoms with E-state index in [4.69, 9.17) is 14.2 Å². The zero-order chi connectivity index (χ0) is 17.1. The normalized spacial score (nSPS) is 10.4. The van der Waals surface area contributed by atoms with Gasteiger partial charge in [0.05, 0.1) is 19.8 Å². The van der Waals surface area contributed by atoms with Gasteiger partial charge in [-0.2, -0.15) is 0 Å². The zero-order valence-electron chi connectivity index (χ0n) is 13.3. The van der Waals surface area contributed by atoms with Crippen molar-refractivity contribution in [1.29, 1.82) is 0 Å². The highest BCUT2D eigenvalue weighted by Crippen LogP contribution is 2.31. The van der Waals surface area contributed by atoms with E-state index in [1.807, 2.05) is 18.2 Å². The third-order valence-corrected chi connectivity index (χ3v) is 3.61. The Kier molecular flexibility index (Phi) is 4.24. The maximum Gasteiger partial charge on any atom is 0.343 e. The fraction of sp³-hybridized carbons (Fsp3) is 0.105. The van der Waals surface area contributed by atoms with Crippen LogP contribution in [0.2, 0.25) is 0 Å². The molecule has 0 saturated carbocycles. The lowest BCUT2D eigenvalue weighted by Gasteiger charge is -2.10. The molecule has 3 aromatic carbocycles. The predicted molar refractivity (Wildman–Crippen MR) is 90.1 cm³/mol. The molecule has 5 heteroatoms. The molecule has 5 nitrogen and oxygen atoms in total. The zero-order valence-corrected chi connectivity index (χ0v) is 13.3. The average molecular weight is 324 g/mol. The van der Waals surface area contributed by atoms with Crippen molar-refractivity contribution in [2.45, 2.75) is 0 Å². The van der Waals surface area contributed by atoms with Crippen molar-refractivity contribution in [3.63, 3.8) is 0 Å². The van der Waals surface area contributed by atoms with Crippen LogP contribution >= 0.6 is 0 Å². The van der Waals surface area contributed by atoms with E-state index in [0.29, 0.717) is 22.4 Å². The summed E-state index contributed by atoms with van der Waals surface area (Å²) in [7, 11) is 3.01. The fourth-order valence-corrected chi connectivity index (χ4v) is 2.41. The Morgan fingerprint density at radius 2 is 1.54 bits per heavy atom. The first-order chi connectivity index (χ1) is 11.6. The van der Waals surface area contributed by atoms with Crippen LogP contribution in [0.25, 0.3) is 10.8 Å². The van der Waals surface area contributed by atoms with Crippen molar-refractivity contribution in [2.24, 2.45) is 0 Å². The van der Waals surface area contributed by atoms with Gasteiger partial charge in [-0.15, -0.1) is 0 Å². The van der Waals surface area contributed by atoms with Crippen LogP contribution in [0.4, 0.5) is 0 Å². The van der Waals surface area contributed by atoms with Gasteiger partial charge in [-0.1, -0.05) is 24.3 Å². The summed E-state index contributed by atoms with van der Waals surface area (Å²) >= 11 is 0. The van der Waals surface area contributed by atoms with E-state index in [2.05, 4.69) is 0 Å². The second-order valence-corrected chi connectivity index (χ2v) is 5.15. The van der Waals surface area contributed by atoms with Gasteiger partial charge in [-0.05, 0) is 23.6 Å². The number of phenolic OH excluding ortho intramolecular Hbond substituents is 1. The molecule has 122 valence electrons. The summed E-state index contributed by atoms with van der Waals surface area (Å²) in [4.78, 5) is 12.4. The lowest BCUT2D eigenvalue weighted by Crippen LogP contribution is -2.09. The van der Waals surface area contributed by atoms with Gasteiger partial charge in [-0.25, -0.2) is 4.79 Å². The van der Waals surface area contributed by atoms with Crippen LogP contribution in [-0.2, 0) is 0 Å². The second-order valence-electron chi connectivity index (χ2n) is 5.15. The van der Waals surface area contributed by atoms with E-state index >= 15 is 0 Å². The molecule has 0 unspecified atom stereocenters. The number of hydrogen-bond acceptors (Lipinski definition) is 5. The van der Waals surface area contributed by atoms with E-state index in [9.17, 15) is 9.90 Å². The number of carbonyl (C=O) groups is 1.